The molecule has 14 heavy (non-hydrogen) atoms. The van der Waals surface area contributed by atoms with Crippen molar-refractivity contribution in [1.29, 1.82) is 0 Å². The van der Waals surface area contributed by atoms with Gasteiger partial charge in [0.15, 0.2) is 0 Å². The molecule has 3 heteroatoms. The molecule has 1 heterocycles. The number of allylic oxidation sites excluding steroid dienone is 4. The van der Waals surface area contributed by atoms with Crippen LogP contribution in [0.25, 0.3) is 0 Å². The van der Waals surface area contributed by atoms with Gasteiger partial charge in [0.25, 0.3) is 0 Å². The van der Waals surface area contributed by atoms with Gasteiger partial charge in [-0.1, -0.05) is 30.4 Å². The summed E-state index contributed by atoms with van der Waals surface area (Å²) in [6, 6.07) is 0. The number of aliphatic carboxylic acids is 1. The zero-order valence-electron chi connectivity index (χ0n) is 7.46. The second kappa shape index (κ2) is 3.54. The molecule has 0 aromatic carbocycles. The van der Waals surface area contributed by atoms with Crippen LogP contribution in [0, 0.1) is 5.92 Å². The molecular formula is C11H10O3. The van der Waals surface area contributed by atoms with Crippen molar-refractivity contribution in [3.05, 3.63) is 48.3 Å². The van der Waals surface area contributed by atoms with Gasteiger partial charge >= 0.3 is 5.97 Å². The summed E-state index contributed by atoms with van der Waals surface area (Å²) in [5.74, 6) is -1.46. The normalized spacial score (nSPS) is 28.7. The first kappa shape index (κ1) is 8.81. The minimum Gasteiger partial charge on any atom is -0.492 e. The van der Waals surface area contributed by atoms with Crippen LogP contribution in [0.2, 0.25) is 0 Å². The fourth-order valence-corrected chi connectivity index (χ4v) is 1.56. The maximum absolute atomic E-state index is 10.9. The standard InChI is InChI=1S/C11H10O3/c12-11(13)9-6-3-5-8-4-1-2-7-14-10(8)9/h1-7,9-10H,(H,12,13). The molecule has 1 N–H and O–H groups in total. The van der Waals surface area contributed by atoms with Crippen molar-refractivity contribution < 1.29 is 14.6 Å². The van der Waals surface area contributed by atoms with Gasteiger partial charge < -0.3 is 9.84 Å². The van der Waals surface area contributed by atoms with Crippen LogP contribution >= 0.6 is 0 Å². The number of hydrogen-bond acceptors (Lipinski definition) is 2. The Morgan fingerprint density at radius 2 is 2.21 bits per heavy atom. The smallest absolute Gasteiger partial charge is 0.314 e. The van der Waals surface area contributed by atoms with E-state index in [-0.39, 0.29) is 0 Å². The minimum atomic E-state index is -0.861. The van der Waals surface area contributed by atoms with Gasteiger partial charge in [-0.15, -0.1) is 0 Å². The van der Waals surface area contributed by atoms with Crippen molar-refractivity contribution in [1.82, 2.24) is 0 Å². The summed E-state index contributed by atoms with van der Waals surface area (Å²) in [6.45, 7) is 0. The third-order valence-corrected chi connectivity index (χ3v) is 2.25. The molecule has 0 saturated heterocycles. The monoisotopic (exact) mass is 190 g/mol. The lowest BCUT2D eigenvalue weighted by Crippen LogP contribution is -2.30. The first-order valence-corrected chi connectivity index (χ1v) is 4.39. The first-order chi connectivity index (χ1) is 6.79. The molecule has 2 rings (SSSR count). The van der Waals surface area contributed by atoms with Crippen LogP contribution in [-0.4, -0.2) is 17.2 Å². The maximum atomic E-state index is 10.9. The van der Waals surface area contributed by atoms with E-state index in [1.54, 1.807) is 18.2 Å². The van der Waals surface area contributed by atoms with E-state index in [1.165, 1.54) is 6.26 Å². The molecule has 1 aliphatic heterocycles. The highest BCUT2D eigenvalue weighted by Crippen LogP contribution is 2.25. The summed E-state index contributed by atoms with van der Waals surface area (Å²) < 4.78 is 5.34. The molecule has 3 nitrogen and oxygen atoms in total. The van der Waals surface area contributed by atoms with E-state index in [0.29, 0.717) is 0 Å². The molecule has 0 aromatic rings. The van der Waals surface area contributed by atoms with Gasteiger partial charge in [0, 0.05) is 0 Å². The Morgan fingerprint density at radius 3 is 3.00 bits per heavy atom. The van der Waals surface area contributed by atoms with Gasteiger partial charge in [-0.25, -0.2) is 0 Å². The summed E-state index contributed by atoms with van der Waals surface area (Å²) in [5.41, 5.74) is 0.893. The van der Waals surface area contributed by atoms with E-state index in [9.17, 15) is 4.79 Å². The van der Waals surface area contributed by atoms with Gasteiger partial charge in [0.1, 0.15) is 12.0 Å². The number of ether oxygens (including phenoxy) is 1. The number of carboxylic acid groups (broad SMARTS) is 1. The van der Waals surface area contributed by atoms with Crippen LogP contribution in [0.3, 0.4) is 0 Å². The van der Waals surface area contributed by atoms with Crippen molar-refractivity contribution in [3.63, 3.8) is 0 Å². The summed E-state index contributed by atoms with van der Waals surface area (Å²) in [5, 5.41) is 8.96. The molecule has 0 saturated carbocycles. The molecule has 2 unspecified atom stereocenters. The largest absolute Gasteiger partial charge is 0.492 e. The van der Waals surface area contributed by atoms with Gasteiger partial charge in [-0.05, 0) is 11.6 Å². The molecule has 0 spiro atoms. The Bertz CT molecular complexity index is 361. The Labute approximate surface area is 81.7 Å². The SMILES string of the molecule is O=C(O)C1C=CC=C2C=CC=COC21. The van der Waals surface area contributed by atoms with Crippen molar-refractivity contribution >= 4 is 5.97 Å². The summed E-state index contributed by atoms with van der Waals surface area (Å²) in [4.78, 5) is 10.9. The lowest BCUT2D eigenvalue weighted by Gasteiger charge is -2.23. The number of rotatable bonds is 1. The third kappa shape index (κ3) is 1.48. The van der Waals surface area contributed by atoms with Crippen LogP contribution in [-0.2, 0) is 9.53 Å². The van der Waals surface area contributed by atoms with E-state index < -0.39 is 18.0 Å². The van der Waals surface area contributed by atoms with Crippen LogP contribution in [0.5, 0.6) is 0 Å². The van der Waals surface area contributed by atoms with Crippen LogP contribution < -0.4 is 0 Å². The third-order valence-electron chi connectivity index (χ3n) is 2.25. The molecule has 1 aliphatic carbocycles. The zero-order valence-corrected chi connectivity index (χ0v) is 7.46. The predicted molar refractivity (Wildman–Crippen MR) is 51.5 cm³/mol. The van der Waals surface area contributed by atoms with Crippen molar-refractivity contribution in [3.8, 4) is 0 Å². The molecule has 0 amide bonds. The average Bonchev–Trinajstić information content (AvgIpc) is 2.41. The second-order valence-corrected chi connectivity index (χ2v) is 3.16. The van der Waals surface area contributed by atoms with Crippen molar-refractivity contribution in [2.24, 2.45) is 5.92 Å². The highest BCUT2D eigenvalue weighted by atomic mass is 16.5. The minimum absolute atomic E-state index is 0.396. The molecule has 2 atom stereocenters. The van der Waals surface area contributed by atoms with E-state index >= 15 is 0 Å². The fourth-order valence-electron chi connectivity index (χ4n) is 1.56. The molecule has 0 aromatic heterocycles. The Kier molecular flexibility index (Phi) is 2.23. The maximum Gasteiger partial charge on any atom is 0.314 e. The van der Waals surface area contributed by atoms with E-state index in [1.807, 2.05) is 18.2 Å². The van der Waals surface area contributed by atoms with Gasteiger partial charge in [0.05, 0.1) is 6.26 Å². The Morgan fingerprint density at radius 1 is 1.36 bits per heavy atom. The van der Waals surface area contributed by atoms with Crippen LogP contribution in [0.15, 0.2) is 48.3 Å². The number of carbonyl (C=O) groups is 1. The average molecular weight is 190 g/mol. The van der Waals surface area contributed by atoms with E-state index in [2.05, 4.69) is 0 Å². The first-order valence-electron chi connectivity index (χ1n) is 4.39. The summed E-state index contributed by atoms with van der Waals surface area (Å²) in [7, 11) is 0. The number of carboxylic acids is 1. The van der Waals surface area contributed by atoms with E-state index in [4.69, 9.17) is 9.84 Å². The highest BCUT2D eigenvalue weighted by molar-refractivity contribution is 5.74. The fraction of sp³-hybridized carbons (Fsp3) is 0.182. The topological polar surface area (TPSA) is 46.5 Å². The highest BCUT2D eigenvalue weighted by Gasteiger charge is 2.30. The molecular weight excluding hydrogens is 180 g/mol. The Hall–Kier alpha value is -1.77. The van der Waals surface area contributed by atoms with Crippen LogP contribution in [0.1, 0.15) is 0 Å². The lowest BCUT2D eigenvalue weighted by molar-refractivity contribution is -0.142. The van der Waals surface area contributed by atoms with Gasteiger partial charge in [-0.2, -0.15) is 0 Å². The molecule has 72 valence electrons. The zero-order chi connectivity index (χ0) is 9.97. The van der Waals surface area contributed by atoms with Crippen LogP contribution in [0.4, 0.5) is 0 Å². The number of hydrogen-bond donors (Lipinski definition) is 1. The Balaban J connectivity index is 2.31. The van der Waals surface area contributed by atoms with Crippen molar-refractivity contribution in [2.75, 3.05) is 0 Å². The van der Waals surface area contributed by atoms with Crippen molar-refractivity contribution in [2.45, 2.75) is 6.10 Å². The van der Waals surface area contributed by atoms with Gasteiger partial charge in [-0.3, -0.25) is 4.79 Å². The van der Waals surface area contributed by atoms with E-state index in [0.717, 1.165) is 5.57 Å². The molecule has 2 aliphatic rings. The second-order valence-electron chi connectivity index (χ2n) is 3.16. The lowest BCUT2D eigenvalue weighted by atomic mass is 9.91. The summed E-state index contributed by atoms with van der Waals surface area (Å²) >= 11 is 0. The number of fused-ring (bicyclic) bond motifs is 1. The van der Waals surface area contributed by atoms with Gasteiger partial charge in [0.2, 0.25) is 0 Å². The molecule has 0 radical (unpaired) electrons. The summed E-state index contributed by atoms with van der Waals surface area (Å²) in [6.07, 6.45) is 11.8. The quantitative estimate of drug-likeness (QED) is 0.683. The molecule has 0 bridgehead atoms. The molecule has 0 fully saturated rings. The predicted octanol–water partition coefficient (Wildman–Crippen LogP) is 1.65.